The van der Waals surface area contributed by atoms with E-state index in [1.54, 1.807) is 18.2 Å². The van der Waals surface area contributed by atoms with E-state index in [0.29, 0.717) is 12.1 Å². The van der Waals surface area contributed by atoms with Crippen LogP contribution in [0.25, 0.3) is 0 Å². The van der Waals surface area contributed by atoms with Gasteiger partial charge in [0.1, 0.15) is 0 Å². The fourth-order valence-corrected chi connectivity index (χ4v) is 3.84. The molecular weight excluding hydrogens is 266 g/mol. The number of nitrogens with one attached hydrogen (secondary N) is 2. The zero-order chi connectivity index (χ0) is 13.9. The van der Waals surface area contributed by atoms with Crippen LogP contribution in [0.5, 0.6) is 0 Å². The van der Waals surface area contributed by atoms with Gasteiger partial charge in [-0.1, -0.05) is 6.07 Å². The lowest BCUT2D eigenvalue weighted by Crippen LogP contribution is -2.34. The molecule has 1 saturated heterocycles. The standard InChI is InChI=1S/C12H17N3O3S/c13-12(16)15-10-4-1-3-9(7-10)14-11-5-2-6-19(17,18)8-11/h1,3-4,7,11,14H,2,5-6,8H2,(H3,13,15,16). The van der Waals surface area contributed by atoms with Crippen LogP contribution in [-0.4, -0.2) is 32.0 Å². The molecule has 1 fully saturated rings. The van der Waals surface area contributed by atoms with Crippen molar-refractivity contribution in [2.24, 2.45) is 5.73 Å². The minimum Gasteiger partial charge on any atom is -0.381 e. The first-order chi connectivity index (χ1) is 8.94. The summed E-state index contributed by atoms with van der Waals surface area (Å²) >= 11 is 0. The minimum absolute atomic E-state index is 0.0809. The molecule has 0 spiro atoms. The Morgan fingerprint density at radius 2 is 2.05 bits per heavy atom. The summed E-state index contributed by atoms with van der Waals surface area (Å²) in [5, 5.41) is 5.66. The molecule has 1 unspecified atom stereocenters. The first-order valence-corrected chi connectivity index (χ1v) is 7.90. The molecule has 1 heterocycles. The largest absolute Gasteiger partial charge is 0.381 e. The molecule has 7 heteroatoms. The molecule has 2 amide bonds. The van der Waals surface area contributed by atoms with Gasteiger partial charge in [0.15, 0.2) is 9.84 Å². The zero-order valence-corrected chi connectivity index (χ0v) is 11.2. The van der Waals surface area contributed by atoms with Crippen LogP contribution >= 0.6 is 0 Å². The molecule has 19 heavy (non-hydrogen) atoms. The smallest absolute Gasteiger partial charge is 0.316 e. The number of carbonyl (C=O) groups excluding carboxylic acids is 1. The van der Waals surface area contributed by atoms with Gasteiger partial charge in [0.05, 0.1) is 11.5 Å². The van der Waals surface area contributed by atoms with Crippen LogP contribution < -0.4 is 16.4 Å². The number of primary amides is 1. The fraction of sp³-hybridized carbons (Fsp3) is 0.417. The second kappa shape index (κ2) is 5.48. The average Bonchev–Trinajstić information content (AvgIpc) is 2.26. The summed E-state index contributed by atoms with van der Waals surface area (Å²) in [5.74, 6) is 0.426. The number of sulfone groups is 1. The van der Waals surface area contributed by atoms with E-state index in [0.717, 1.165) is 12.1 Å². The van der Waals surface area contributed by atoms with Gasteiger partial charge in [-0.25, -0.2) is 13.2 Å². The monoisotopic (exact) mass is 283 g/mol. The lowest BCUT2D eigenvalue weighted by molar-refractivity contribution is 0.259. The quantitative estimate of drug-likeness (QED) is 0.775. The maximum Gasteiger partial charge on any atom is 0.316 e. The third kappa shape index (κ3) is 4.13. The maximum atomic E-state index is 11.6. The van der Waals surface area contributed by atoms with E-state index in [2.05, 4.69) is 10.6 Å². The Labute approximate surface area is 112 Å². The molecule has 4 N–H and O–H groups in total. The van der Waals surface area contributed by atoms with Crippen LogP contribution in [-0.2, 0) is 9.84 Å². The second-order valence-corrected chi connectivity index (χ2v) is 6.90. The van der Waals surface area contributed by atoms with E-state index in [-0.39, 0.29) is 17.5 Å². The van der Waals surface area contributed by atoms with Gasteiger partial charge >= 0.3 is 6.03 Å². The van der Waals surface area contributed by atoms with Crippen LogP contribution in [0.3, 0.4) is 0 Å². The molecule has 1 aliphatic rings. The van der Waals surface area contributed by atoms with Crippen LogP contribution in [0.2, 0.25) is 0 Å². The molecule has 6 nitrogen and oxygen atoms in total. The van der Waals surface area contributed by atoms with Crippen molar-refractivity contribution >= 4 is 27.2 Å². The summed E-state index contributed by atoms with van der Waals surface area (Å²) in [6, 6.07) is 6.33. The van der Waals surface area contributed by atoms with Crippen LogP contribution in [0.1, 0.15) is 12.8 Å². The fourth-order valence-electron chi connectivity index (χ4n) is 2.20. The van der Waals surface area contributed by atoms with Crippen molar-refractivity contribution in [3.8, 4) is 0 Å². The number of carbonyl (C=O) groups is 1. The maximum absolute atomic E-state index is 11.6. The highest BCUT2D eigenvalue weighted by atomic mass is 32.2. The van der Waals surface area contributed by atoms with Gasteiger partial charge in [-0.05, 0) is 31.0 Å². The van der Waals surface area contributed by atoms with Crippen LogP contribution in [0, 0.1) is 0 Å². The number of amides is 2. The summed E-state index contributed by atoms with van der Waals surface area (Å²) in [5.41, 5.74) is 6.40. The minimum atomic E-state index is -2.93. The molecule has 0 aromatic heterocycles. The van der Waals surface area contributed by atoms with E-state index >= 15 is 0 Å². The van der Waals surface area contributed by atoms with Crippen molar-refractivity contribution in [2.75, 3.05) is 22.1 Å². The number of anilines is 2. The molecule has 1 aromatic rings. The Bertz CT molecular complexity index is 571. The number of rotatable bonds is 3. The Morgan fingerprint density at radius 1 is 1.32 bits per heavy atom. The van der Waals surface area contributed by atoms with Gasteiger partial charge in [-0.15, -0.1) is 0 Å². The molecule has 1 aromatic carbocycles. The molecule has 2 rings (SSSR count). The van der Waals surface area contributed by atoms with E-state index in [9.17, 15) is 13.2 Å². The van der Waals surface area contributed by atoms with Crippen molar-refractivity contribution in [3.05, 3.63) is 24.3 Å². The predicted octanol–water partition coefficient (Wildman–Crippen LogP) is 1.17. The van der Waals surface area contributed by atoms with Gasteiger partial charge in [0, 0.05) is 17.4 Å². The number of hydrogen-bond acceptors (Lipinski definition) is 4. The summed E-state index contributed by atoms with van der Waals surface area (Å²) < 4.78 is 23.1. The average molecular weight is 283 g/mol. The first-order valence-electron chi connectivity index (χ1n) is 6.08. The Hall–Kier alpha value is -1.76. The normalized spacial score (nSPS) is 21.6. The van der Waals surface area contributed by atoms with Gasteiger partial charge in [-0.2, -0.15) is 0 Å². The van der Waals surface area contributed by atoms with Crippen molar-refractivity contribution < 1.29 is 13.2 Å². The first kappa shape index (κ1) is 13.7. The second-order valence-electron chi connectivity index (χ2n) is 4.67. The highest BCUT2D eigenvalue weighted by Crippen LogP contribution is 2.20. The summed E-state index contributed by atoms with van der Waals surface area (Å²) in [7, 11) is -2.93. The third-order valence-corrected chi connectivity index (χ3v) is 4.78. The van der Waals surface area contributed by atoms with E-state index < -0.39 is 15.9 Å². The van der Waals surface area contributed by atoms with Gasteiger partial charge in [0.25, 0.3) is 0 Å². The topological polar surface area (TPSA) is 101 Å². The summed E-state index contributed by atoms with van der Waals surface area (Å²) in [6.07, 6.45) is 1.51. The summed E-state index contributed by atoms with van der Waals surface area (Å²) in [6.45, 7) is 0. The Morgan fingerprint density at radius 3 is 2.74 bits per heavy atom. The van der Waals surface area contributed by atoms with E-state index in [1.165, 1.54) is 0 Å². The molecule has 0 bridgehead atoms. The van der Waals surface area contributed by atoms with Crippen molar-refractivity contribution in [1.82, 2.24) is 0 Å². The molecule has 1 atom stereocenters. The Balaban J connectivity index is 2.04. The van der Waals surface area contributed by atoms with Gasteiger partial charge in [0.2, 0.25) is 0 Å². The molecule has 0 radical (unpaired) electrons. The summed E-state index contributed by atoms with van der Waals surface area (Å²) in [4.78, 5) is 10.8. The molecule has 1 aliphatic heterocycles. The van der Waals surface area contributed by atoms with Crippen molar-refractivity contribution in [2.45, 2.75) is 18.9 Å². The van der Waals surface area contributed by atoms with Crippen molar-refractivity contribution in [1.29, 1.82) is 0 Å². The highest BCUT2D eigenvalue weighted by Gasteiger charge is 2.24. The molecular formula is C12H17N3O3S. The highest BCUT2D eigenvalue weighted by molar-refractivity contribution is 7.91. The molecule has 104 valence electrons. The Kier molecular flexibility index (Phi) is 3.94. The zero-order valence-electron chi connectivity index (χ0n) is 10.4. The lowest BCUT2D eigenvalue weighted by Gasteiger charge is -2.24. The number of nitrogens with two attached hydrogens (primary N) is 1. The van der Waals surface area contributed by atoms with Crippen molar-refractivity contribution in [3.63, 3.8) is 0 Å². The third-order valence-electron chi connectivity index (χ3n) is 2.96. The van der Waals surface area contributed by atoms with E-state index in [1.807, 2.05) is 6.07 Å². The van der Waals surface area contributed by atoms with Gasteiger partial charge in [-0.3, -0.25) is 0 Å². The molecule has 0 saturated carbocycles. The molecule has 0 aliphatic carbocycles. The lowest BCUT2D eigenvalue weighted by atomic mass is 10.1. The predicted molar refractivity (Wildman–Crippen MR) is 74.9 cm³/mol. The van der Waals surface area contributed by atoms with E-state index in [4.69, 9.17) is 5.73 Å². The van der Waals surface area contributed by atoms with Gasteiger partial charge < -0.3 is 16.4 Å². The number of hydrogen-bond donors (Lipinski definition) is 3. The SMILES string of the molecule is NC(=O)Nc1cccc(NC2CCCS(=O)(=O)C2)c1. The van der Waals surface area contributed by atoms with Crippen LogP contribution in [0.4, 0.5) is 16.2 Å². The van der Waals surface area contributed by atoms with Crippen LogP contribution in [0.15, 0.2) is 24.3 Å². The number of urea groups is 1. The number of benzene rings is 1.